The Bertz CT molecular complexity index is 1360. The summed E-state index contributed by atoms with van der Waals surface area (Å²) in [7, 11) is 0. The van der Waals surface area contributed by atoms with Gasteiger partial charge in [0.2, 0.25) is 11.6 Å². The fraction of sp³-hybridized carbons (Fsp3) is 0.200. The van der Waals surface area contributed by atoms with E-state index < -0.39 is 5.95 Å². The molecular weight excluding hydrogens is 468 g/mol. The van der Waals surface area contributed by atoms with E-state index in [1.165, 1.54) is 21.6 Å². The number of amides is 1. The minimum absolute atomic E-state index is 0.0106. The van der Waals surface area contributed by atoms with Crippen molar-refractivity contribution in [1.29, 1.82) is 5.26 Å². The number of nitriles is 1. The van der Waals surface area contributed by atoms with Crippen LogP contribution in [-0.2, 0) is 17.6 Å². The average Bonchev–Trinajstić information content (AvgIpc) is 3.42. The molecule has 4 aromatic rings. The van der Waals surface area contributed by atoms with Crippen LogP contribution < -0.4 is 15.1 Å². The van der Waals surface area contributed by atoms with E-state index in [1.807, 2.05) is 36.4 Å². The Balaban J connectivity index is 1.29. The topological polar surface area (TPSA) is 106 Å². The molecule has 0 radical (unpaired) electrons. The van der Waals surface area contributed by atoms with E-state index in [4.69, 9.17) is 4.52 Å². The summed E-state index contributed by atoms with van der Waals surface area (Å²) in [6, 6.07) is 21.8. The molecule has 0 saturated heterocycles. The van der Waals surface area contributed by atoms with Crippen molar-refractivity contribution in [2.45, 2.75) is 30.2 Å². The van der Waals surface area contributed by atoms with Gasteiger partial charge in [0.05, 0.1) is 16.6 Å². The van der Waals surface area contributed by atoms with Gasteiger partial charge in [-0.2, -0.15) is 5.26 Å². The van der Waals surface area contributed by atoms with Crippen molar-refractivity contribution in [2.75, 3.05) is 11.1 Å². The second kappa shape index (κ2) is 9.71. The minimum Gasteiger partial charge on any atom is -0.538 e. The fourth-order valence-electron chi connectivity index (χ4n) is 4.19. The molecule has 34 heavy (non-hydrogen) atoms. The van der Waals surface area contributed by atoms with Crippen LogP contribution in [0.4, 0.5) is 5.00 Å². The predicted octanol–water partition coefficient (Wildman–Crippen LogP) is 3.96. The Labute approximate surface area is 204 Å². The summed E-state index contributed by atoms with van der Waals surface area (Å²) in [5.41, 5.74) is 3.57. The van der Waals surface area contributed by atoms with Gasteiger partial charge >= 0.3 is 0 Å². The molecule has 9 heteroatoms. The van der Waals surface area contributed by atoms with E-state index in [2.05, 4.69) is 28.8 Å². The normalized spacial score (nSPS) is 14.9. The molecule has 2 heterocycles. The number of nitrogens with zero attached hydrogens (tertiary/aromatic N) is 3. The van der Waals surface area contributed by atoms with Crippen LogP contribution >= 0.6 is 23.1 Å². The highest BCUT2D eigenvalue weighted by atomic mass is 32.2. The van der Waals surface area contributed by atoms with Crippen molar-refractivity contribution < 1.29 is 19.1 Å². The Kier molecular flexibility index (Phi) is 6.34. The third-order valence-electron chi connectivity index (χ3n) is 5.81. The van der Waals surface area contributed by atoms with Crippen LogP contribution in [0.1, 0.15) is 33.9 Å². The molecule has 1 amide bonds. The van der Waals surface area contributed by atoms with Gasteiger partial charge in [0.25, 0.3) is 5.03 Å². The molecule has 170 valence electrons. The Morgan fingerprint density at radius 2 is 1.97 bits per heavy atom. The van der Waals surface area contributed by atoms with Crippen LogP contribution in [0.15, 0.2) is 70.2 Å². The highest BCUT2D eigenvalue weighted by molar-refractivity contribution is 7.99. The zero-order valence-corrected chi connectivity index (χ0v) is 19.7. The van der Waals surface area contributed by atoms with Gasteiger partial charge in [0.15, 0.2) is 5.95 Å². The molecule has 1 aliphatic rings. The van der Waals surface area contributed by atoms with Crippen molar-refractivity contribution in [3.05, 3.63) is 82.2 Å². The number of thiophene rings is 1. The lowest BCUT2D eigenvalue weighted by atomic mass is 9.83. The summed E-state index contributed by atoms with van der Waals surface area (Å²) in [6.45, 7) is 0. The quantitative estimate of drug-likeness (QED) is 0.325. The summed E-state index contributed by atoms with van der Waals surface area (Å²) in [6.07, 6.45) is 2.65. The fourth-order valence-corrected chi connectivity index (χ4v) is 6.24. The lowest BCUT2D eigenvalue weighted by molar-refractivity contribution is -0.705. The number of nitrogens with one attached hydrogen (secondary N) is 1. The SMILES string of the molecule is N#Cc1c(NC(=O)CSc2c([O-])on[n+]2-c2ccccc2)sc2c1CCC(c1ccccc1)C2. The summed E-state index contributed by atoms with van der Waals surface area (Å²) >= 11 is 2.53. The minimum atomic E-state index is -0.599. The molecule has 0 aliphatic heterocycles. The smallest absolute Gasteiger partial charge is 0.298 e. The van der Waals surface area contributed by atoms with Crippen LogP contribution in [-0.4, -0.2) is 16.9 Å². The lowest BCUT2D eigenvalue weighted by Crippen LogP contribution is -2.35. The van der Waals surface area contributed by atoms with Crippen molar-refractivity contribution in [3.63, 3.8) is 0 Å². The van der Waals surface area contributed by atoms with Gasteiger partial charge in [-0.25, -0.2) is 0 Å². The maximum atomic E-state index is 12.7. The van der Waals surface area contributed by atoms with E-state index in [0.717, 1.165) is 41.5 Å². The number of fused-ring (bicyclic) bond motifs is 1. The Hall–Kier alpha value is -3.61. The van der Waals surface area contributed by atoms with Crippen molar-refractivity contribution in [3.8, 4) is 17.7 Å². The van der Waals surface area contributed by atoms with E-state index in [1.54, 1.807) is 12.1 Å². The number of anilines is 1. The van der Waals surface area contributed by atoms with Crippen LogP contribution in [0.3, 0.4) is 0 Å². The largest absolute Gasteiger partial charge is 0.538 e. The van der Waals surface area contributed by atoms with Crippen LogP contribution in [0.25, 0.3) is 5.69 Å². The average molecular weight is 489 g/mol. The monoisotopic (exact) mass is 488 g/mol. The van der Waals surface area contributed by atoms with E-state index in [0.29, 0.717) is 22.2 Å². The molecule has 2 aromatic heterocycles. The first-order valence-corrected chi connectivity index (χ1v) is 12.6. The maximum absolute atomic E-state index is 12.7. The predicted molar refractivity (Wildman–Crippen MR) is 127 cm³/mol. The van der Waals surface area contributed by atoms with Gasteiger partial charge in [0, 0.05) is 17.0 Å². The van der Waals surface area contributed by atoms with Gasteiger partial charge < -0.3 is 14.9 Å². The third kappa shape index (κ3) is 4.42. The van der Waals surface area contributed by atoms with Gasteiger partial charge in [-0.1, -0.05) is 48.5 Å². The van der Waals surface area contributed by atoms with Crippen molar-refractivity contribution in [1.82, 2.24) is 5.27 Å². The zero-order valence-electron chi connectivity index (χ0n) is 18.1. The molecule has 5 rings (SSSR count). The van der Waals surface area contributed by atoms with Crippen molar-refractivity contribution in [2.24, 2.45) is 0 Å². The molecular formula is C25H20N4O3S2. The number of carbonyl (C=O) groups excluding carboxylic acids is 1. The summed E-state index contributed by atoms with van der Waals surface area (Å²) in [5.74, 6) is -0.489. The first-order valence-electron chi connectivity index (χ1n) is 10.8. The number of rotatable bonds is 6. The molecule has 1 N–H and O–H groups in total. The summed E-state index contributed by atoms with van der Waals surface area (Å²) < 4.78 is 6.19. The Morgan fingerprint density at radius 1 is 1.24 bits per heavy atom. The van der Waals surface area contributed by atoms with Gasteiger partial charge in [0.1, 0.15) is 11.1 Å². The molecule has 0 spiro atoms. The van der Waals surface area contributed by atoms with Gasteiger partial charge in [-0.3, -0.25) is 4.79 Å². The highest BCUT2D eigenvalue weighted by Crippen LogP contribution is 2.42. The number of hydrogen-bond acceptors (Lipinski definition) is 7. The lowest BCUT2D eigenvalue weighted by Gasteiger charge is -2.22. The molecule has 1 atom stereocenters. The second-order valence-electron chi connectivity index (χ2n) is 7.92. The Morgan fingerprint density at radius 3 is 2.71 bits per heavy atom. The first kappa shape index (κ1) is 22.2. The molecule has 7 nitrogen and oxygen atoms in total. The van der Waals surface area contributed by atoms with E-state index >= 15 is 0 Å². The molecule has 0 saturated carbocycles. The number of carbonyl (C=O) groups is 1. The number of thioether (sulfide) groups is 1. The summed E-state index contributed by atoms with van der Waals surface area (Å²) in [5, 5.41) is 29.4. The second-order valence-corrected chi connectivity index (χ2v) is 9.99. The van der Waals surface area contributed by atoms with Gasteiger partial charge in [-0.05, 0) is 52.8 Å². The zero-order chi connectivity index (χ0) is 23.5. The number of para-hydroxylation sites is 1. The highest BCUT2D eigenvalue weighted by Gasteiger charge is 2.28. The van der Waals surface area contributed by atoms with E-state index in [9.17, 15) is 15.2 Å². The standard InChI is InChI=1S/C25H20N4O3S2/c26-14-20-19-12-11-17(16-7-3-1-4-8-16)13-21(19)34-23(20)27-22(30)15-33-24-25(31)32-28-29(24)18-9-5-2-6-10-18/h1-10,17H,11-13,15H2,(H-,27,28,30,31). The number of hydrogen-bond donors (Lipinski definition) is 1. The first-order chi connectivity index (χ1) is 16.6. The number of aromatic nitrogens is 2. The van der Waals surface area contributed by atoms with E-state index in [-0.39, 0.29) is 16.7 Å². The molecule has 2 aromatic carbocycles. The van der Waals surface area contributed by atoms with Crippen LogP contribution in [0.2, 0.25) is 0 Å². The molecule has 1 unspecified atom stereocenters. The number of benzene rings is 2. The van der Waals surface area contributed by atoms with Crippen LogP contribution in [0.5, 0.6) is 5.95 Å². The molecule has 1 aliphatic carbocycles. The summed E-state index contributed by atoms with van der Waals surface area (Å²) in [4.78, 5) is 13.9. The third-order valence-corrected chi connectivity index (χ3v) is 8.00. The maximum Gasteiger partial charge on any atom is 0.298 e. The van der Waals surface area contributed by atoms with Crippen LogP contribution in [0, 0.1) is 11.3 Å². The van der Waals surface area contributed by atoms with Gasteiger partial charge in [-0.15, -0.1) is 11.3 Å². The molecule has 0 fully saturated rings. The molecule has 0 bridgehead atoms. The van der Waals surface area contributed by atoms with Crippen molar-refractivity contribution >= 4 is 34.0 Å².